The monoisotopic (exact) mass is 558 g/mol. The minimum absolute atomic E-state index is 0.0291. The molecule has 0 aliphatic carbocycles. The first-order chi connectivity index (χ1) is 19.2. The van der Waals surface area contributed by atoms with E-state index in [1.165, 1.54) is 0 Å². The molecule has 0 bridgehead atoms. The Kier molecular flexibility index (Phi) is 14.3. The van der Waals surface area contributed by atoms with Crippen molar-refractivity contribution in [2.24, 2.45) is 0 Å². The van der Waals surface area contributed by atoms with E-state index < -0.39 is 36.8 Å². The Balaban J connectivity index is 2.13. The Morgan fingerprint density at radius 3 is 1.88 bits per heavy atom. The van der Waals surface area contributed by atoms with E-state index in [0.29, 0.717) is 30.4 Å². The maximum Gasteiger partial charge on any atom is 0.335 e. The van der Waals surface area contributed by atoms with Crippen molar-refractivity contribution >= 4 is 11.9 Å². The van der Waals surface area contributed by atoms with Gasteiger partial charge in [0.05, 0.1) is 37.6 Å². The second-order valence-corrected chi connectivity index (χ2v) is 9.76. The van der Waals surface area contributed by atoms with Crippen LogP contribution in [0.4, 0.5) is 8.78 Å². The van der Waals surface area contributed by atoms with Crippen molar-refractivity contribution in [2.75, 3.05) is 26.4 Å². The SMILES string of the molecule is C=C(CO)C(=O)OCCC(CCOC(=O)C(=C)CO)c1ccc(-c2ccc(CCCCCCC)c(F)c2F)cc1. The number of hydrogen-bond donors (Lipinski definition) is 2. The van der Waals surface area contributed by atoms with Crippen molar-refractivity contribution in [3.05, 3.63) is 83.5 Å². The second kappa shape index (κ2) is 17.4. The largest absolute Gasteiger partial charge is 0.462 e. The van der Waals surface area contributed by atoms with Gasteiger partial charge >= 0.3 is 11.9 Å². The van der Waals surface area contributed by atoms with Gasteiger partial charge < -0.3 is 19.7 Å². The number of rotatable bonds is 18. The van der Waals surface area contributed by atoms with Crippen LogP contribution in [0.3, 0.4) is 0 Å². The van der Waals surface area contributed by atoms with Crippen molar-refractivity contribution in [3.63, 3.8) is 0 Å². The lowest BCUT2D eigenvalue weighted by Gasteiger charge is -2.18. The molecule has 0 spiro atoms. The van der Waals surface area contributed by atoms with Gasteiger partial charge in [-0.25, -0.2) is 18.4 Å². The zero-order valence-electron chi connectivity index (χ0n) is 23.2. The van der Waals surface area contributed by atoms with Crippen LogP contribution in [0.25, 0.3) is 11.1 Å². The lowest BCUT2D eigenvalue weighted by molar-refractivity contribution is -0.139. The fourth-order valence-electron chi connectivity index (χ4n) is 4.26. The standard InChI is InChI=1S/C32H40F2O6/c1-4-5-6-7-8-9-27-14-15-28(30(34)29(27)33)26-12-10-24(11-13-26)25(16-18-39-31(37)22(2)20-35)17-19-40-32(38)23(3)21-36/h10-15,25,35-36H,2-9,16-21H2,1H3. The van der Waals surface area contributed by atoms with Crippen LogP contribution in [0, 0.1) is 11.6 Å². The first-order valence-electron chi connectivity index (χ1n) is 13.7. The lowest BCUT2D eigenvalue weighted by atomic mass is 9.91. The van der Waals surface area contributed by atoms with E-state index in [0.717, 1.165) is 37.7 Å². The van der Waals surface area contributed by atoms with Gasteiger partial charge in [0, 0.05) is 5.56 Å². The number of carbonyl (C=O) groups is 2. The zero-order chi connectivity index (χ0) is 29.5. The van der Waals surface area contributed by atoms with Crippen LogP contribution in [0.2, 0.25) is 0 Å². The summed E-state index contributed by atoms with van der Waals surface area (Å²) >= 11 is 0. The van der Waals surface area contributed by atoms with Gasteiger partial charge in [0.2, 0.25) is 0 Å². The third kappa shape index (κ3) is 9.99. The molecule has 0 radical (unpaired) electrons. The van der Waals surface area contributed by atoms with Crippen LogP contribution in [0.1, 0.15) is 68.9 Å². The molecule has 0 amide bonds. The predicted octanol–water partition coefficient (Wildman–Crippen LogP) is 6.19. The van der Waals surface area contributed by atoms with Gasteiger partial charge in [-0.3, -0.25) is 0 Å². The molecular formula is C32H40F2O6. The van der Waals surface area contributed by atoms with E-state index in [4.69, 9.17) is 19.7 Å². The van der Waals surface area contributed by atoms with Gasteiger partial charge in [0.1, 0.15) is 0 Å². The summed E-state index contributed by atoms with van der Waals surface area (Å²) in [7, 11) is 0. The van der Waals surface area contributed by atoms with E-state index in [-0.39, 0.29) is 35.8 Å². The topological polar surface area (TPSA) is 93.1 Å². The highest BCUT2D eigenvalue weighted by Gasteiger charge is 2.18. The quantitative estimate of drug-likeness (QED) is 0.129. The summed E-state index contributed by atoms with van der Waals surface area (Å²) < 4.78 is 40.1. The van der Waals surface area contributed by atoms with Crippen molar-refractivity contribution < 1.29 is 38.1 Å². The molecule has 8 heteroatoms. The number of carbonyl (C=O) groups excluding carboxylic acids is 2. The molecule has 0 heterocycles. The summed E-state index contributed by atoms with van der Waals surface area (Å²) in [5.74, 6) is -3.31. The number of aliphatic hydroxyl groups is 2. The Labute approximate surface area is 235 Å². The maximum absolute atomic E-state index is 15.0. The molecule has 0 aliphatic rings. The van der Waals surface area contributed by atoms with Gasteiger partial charge in [0.25, 0.3) is 0 Å². The molecule has 0 atom stereocenters. The zero-order valence-corrected chi connectivity index (χ0v) is 23.2. The third-order valence-electron chi connectivity index (χ3n) is 6.76. The van der Waals surface area contributed by atoms with E-state index in [1.807, 2.05) is 0 Å². The fraction of sp³-hybridized carbons (Fsp3) is 0.438. The molecule has 6 nitrogen and oxygen atoms in total. The van der Waals surface area contributed by atoms with Crippen molar-refractivity contribution in [2.45, 2.75) is 64.2 Å². The van der Waals surface area contributed by atoms with Crippen molar-refractivity contribution in [3.8, 4) is 11.1 Å². The molecule has 0 aliphatic heterocycles. The van der Waals surface area contributed by atoms with Gasteiger partial charge in [-0.15, -0.1) is 0 Å². The second-order valence-electron chi connectivity index (χ2n) is 9.76. The molecule has 0 saturated carbocycles. The molecule has 218 valence electrons. The van der Waals surface area contributed by atoms with Gasteiger partial charge in [-0.1, -0.05) is 82.2 Å². The average Bonchev–Trinajstić information content (AvgIpc) is 2.97. The Hall–Kier alpha value is -3.36. The number of benzene rings is 2. The molecule has 2 aromatic rings. The summed E-state index contributed by atoms with van der Waals surface area (Å²) in [4.78, 5) is 23.7. The molecule has 2 N–H and O–H groups in total. The number of aliphatic hydroxyl groups excluding tert-OH is 2. The van der Waals surface area contributed by atoms with Crippen LogP contribution in [0.5, 0.6) is 0 Å². The highest BCUT2D eigenvalue weighted by molar-refractivity contribution is 5.88. The smallest absolute Gasteiger partial charge is 0.335 e. The normalized spacial score (nSPS) is 10.9. The first kappa shape index (κ1) is 32.8. The van der Waals surface area contributed by atoms with Crippen molar-refractivity contribution in [1.29, 1.82) is 0 Å². The fourth-order valence-corrected chi connectivity index (χ4v) is 4.26. The highest BCUT2D eigenvalue weighted by atomic mass is 19.2. The molecule has 0 unspecified atom stereocenters. The summed E-state index contributed by atoms with van der Waals surface area (Å²) in [6, 6.07) is 10.2. The predicted molar refractivity (Wildman–Crippen MR) is 151 cm³/mol. The van der Waals surface area contributed by atoms with Crippen LogP contribution in [-0.4, -0.2) is 48.6 Å². The molecular weight excluding hydrogens is 518 g/mol. The molecule has 2 rings (SSSR count). The maximum atomic E-state index is 15.0. The Morgan fingerprint density at radius 2 is 1.35 bits per heavy atom. The highest BCUT2D eigenvalue weighted by Crippen LogP contribution is 2.30. The van der Waals surface area contributed by atoms with Gasteiger partial charge in [-0.2, -0.15) is 0 Å². The number of aryl methyl sites for hydroxylation is 1. The van der Waals surface area contributed by atoms with E-state index in [2.05, 4.69) is 20.1 Å². The molecule has 2 aromatic carbocycles. The number of halogens is 2. The van der Waals surface area contributed by atoms with E-state index >= 15 is 0 Å². The minimum atomic E-state index is -0.873. The van der Waals surface area contributed by atoms with E-state index in [1.54, 1.807) is 36.4 Å². The Bertz CT molecular complexity index is 1110. The van der Waals surface area contributed by atoms with Gasteiger partial charge in [-0.05, 0) is 48.3 Å². The third-order valence-corrected chi connectivity index (χ3v) is 6.76. The van der Waals surface area contributed by atoms with Gasteiger partial charge in [0.15, 0.2) is 11.6 Å². The molecule has 40 heavy (non-hydrogen) atoms. The number of ether oxygens (including phenoxy) is 2. The number of esters is 2. The van der Waals surface area contributed by atoms with Crippen LogP contribution in [-0.2, 0) is 25.5 Å². The number of unbranched alkanes of at least 4 members (excludes halogenated alkanes) is 4. The van der Waals surface area contributed by atoms with Crippen LogP contribution < -0.4 is 0 Å². The van der Waals surface area contributed by atoms with Crippen molar-refractivity contribution in [1.82, 2.24) is 0 Å². The molecule has 0 aromatic heterocycles. The summed E-state index contributed by atoms with van der Waals surface area (Å²) in [6.45, 7) is 8.04. The minimum Gasteiger partial charge on any atom is -0.462 e. The van der Waals surface area contributed by atoms with Crippen LogP contribution >= 0.6 is 0 Å². The van der Waals surface area contributed by atoms with Crippen LogP contribution in [0.15, 0.2) is 60.7 Å². The molecule has 0 fully saturated rings. The van der Waals surface area contributed by atoms with E-state index in [9.17, 15) is 18.4 Å². The number of hydrogen-bond acceptors (Lipinski definition) is 6. The first-order valence-corrected chi connectivity index (χ1v) is 13.7. The summed E-state index contributed by atoms with van der Waals surface area (Å²) in [5, 5.41) is 18.1. The summed E-state index contributed by atoms with van der Waals surface area (Å²) in [6.07, 6.45) is 6.41. The Morgan fingerprint density at radius 1 is 0.800 bits per heavy atom. The summed E-state index contributed by atoms with van der Waals surface area (Å²) in [5.41, 5.74) is 1.77. The molecule has 0 saturated heterocycles. The average molecular weight is 559 g/mol. The lowest BCUT2D eigenvalue weighted by Crippen LogP contribution is -2.15.